The van der Waals surface area contributed by atoms with Crippen molar-refractivity contribution in [3.8, 4) is 0 Å². The van der Waals surface area contributed by atoms with Gasteiger partial charge < -0.3 is 5.32 Å². The van der Waals surface area contributed by atoms with Crippen LogP contribution in [0.25, 0.3) is 0 Å². The number of aromatic nitrogens is 1. The molecular formula is C18H29N3. The number of fused-ring (bicyclic) bond motifs is 2. The molecule has 2 aliphatic rings. The molecule has 3 heterocycles. The summed E-state index contributed by atoms with van der Waals surface area (Å²) in [6, 6.07) is 7.14. The van der Waals surface area contributed by atoms with Gasteiger partial charge in [0.2, 0.25) is 0 Å². The van der Waals surface area contributed by atoms with Crippen molar-refractivity contribution >= 4 is 0 Å². The molecule has 1 aromatic heterocycles. The Kier molecular flexibility index (Phi) is 4.91. The van der Waals surface area contributed by atoms with Crippen LogP contribution < -0.4 is 5.32 Å². The standard InChI is InChI=1S/C18H29N3/c1-3-9-20-16-12-17-5-4-6-18(13-16)21(17)14(2)15-7-10-19-11-8-15/h7-8,10-11,14,16-18,20H,3-6,9,12-13H2,1-2H3. The first-order valence-corrected chi connectivity index (χ1v) is 8.70. The third kappa shape index (κ3) is 3.29. The molecule has 0 aromatic carbocycles. The van der Waals surface area contributed by atoms with Gasteiger partial charge in [-0.05, 0) is 63.3 Å². The van der Waals surface area contributed by atoms with Crippen LogP contribution in [0.1, 0.15) is 64.0 Å². The normalized spacial score (nSPS) is 31.0. The minimum Gasteiger partial charge on any atom is -0.314 e. The maximum atomic E-state index is 4.16. The van der Waals surface area contributed by atoms with Gasteiger partial charge in [0.25, 0.3) is 0 Å². The van der Waals surface area contributed by atoms with E-state index in [1.165, 1.54) is 50.6 Å². The summed E-state index contributed by atoms with van der Waals surface area (Å²) in [7, 11) is 0. The molecular weight excluding hydrogens is 258 g/mol. The Labute approximate surface area is 129 Å². The first kappa shape index (κ1) is 15.0. The third-order valence-corrected chi connectivity index (χ3v) is 5.35. The predicted octanol–water partition coefficient (Wildman–Crippen LogP) is 3.53. The van der Waals surface area contributed by atoms with E-state index in [-0.39, 0.29) is 0 Å². The maximum absolute atomic E-state index is 4.16. The lowest BCUT2D eigenvalue weighted by Gasteiger charge is -2.52. The Bertz CT molecular complexity index is 419. The van der Waals surface area contributed by atoms with E-state index < -0.39 is 0 Å². The molecule has 1 aromatic rings. The van der Waals surface area contributed by atoms with Gasteiger partial charge in [0.1, 0.15) is 0 Å². The van der Waals surface area contributed by atoms with Gasteiger partial charge in [0.05, 0.1) is 0 Å². The average Bonchev–Trinajstić information content (AvgIpc) is 2.52. The van der Waals surface area contributed by atoms with Crippen molar-refractivity contribution in [1.82, 2.24) is 15.2 Å². The quantitative estimate of drug-likeness (QED) is 0.898. The zero-order valence-electron chi connectivity index (χ0n) is 13.5. The molecule has 2 saturated heterocycles. The van der Waals surface area contributed by atoms with Crippen molar-refractivity contribution in [3.63, 3.8) is 0 Å². The molecule has 0 aliphatic carbocycles. The summed E-state index contributed by atoms with van der Waals surface area (Å²) in [4.78, 5) is 6.97. The third-order valence-electron chi connectivity index (χ3n) is 5.35. The molecule has 21 heavy (non-hydrogen) atoms. The van der Waals surface area contributed by atoms with Crippen LogP contribution in [0.3, 0.4) is 0 Å². The second kappa shape index (κ2) is 6.89. The molecule has 2 fully saturated rings. The SMILES string of the molecule is CCCNC1CC2CCCC(C1)N2C(C)c1ccncc1. The van der Waals surface area contributed by atoms with Crippen molar-refractivity contribution in [2.75, 3.05) is 6.54 Å². The smallest absolute Gasteiger partial charge is 0.0326 e. The fourth-order valence-corrected chi connectivity index (χ4v) is 4.38. The summed E-state index contributed by atoms with van der Waals surface area (Å²) < 4.78 is 0. The number of hydrogen-bond acceptors (Lipinski definition) is 3. The molecule has 3 nitrogen and oxygen atoms in total. The second-order valence-electron chi connectivity index (χ2n) is 6.76. The molecule has 3 unspecified atom stereocenters. The van der Waals surface area contributed by atoms with Gasteiger partial charge in [-0.1, -0.05) is 13.3 Å². The van der Waals surface area contributed by atoms with Gasteiger partial charge in [-0.3, -0.25) is 9.88 Å². The van der Waals surface area contributed by atoms with Gasteiger partial charge >= 0.3 is 0 Å². The molecule has 2 aliphatic heterocycles. The lowest BCUT2D eigenvalue weighted by atomic mass is 9.80. The van der Waals surface area contributed by atoms with E-state index in [1.54, 1.807) is 0 Å². The fourth-order valence-electron chi connectivity index (χ4n) is 4.38. The Morgan fingerprint density at radius 1 is 1.24 bits per heavy atom. The van der Waals surface area contributed by atoms with Crippen LogP contribution in [0.4, 0.5) is 0 Å². The van der Waals surface area contributed by atoms with Gasteiger partial charge in [-0.15, -0.1) is 0 Å². The Balaban J connectivity index is 1.71. The number of nitrogens with one attached hydrogen (secondary N) is 1. The number of rotatable bonds is 5. The minimum atomic E-state index is 0.524. The highest BCUT2D eigenvalue weighted by atomic mass is 15.2. The topological polar surface area (TPSA) is 28.2 Å². The minimum absolute atomic E-state index is 0.524. The van der Waals surface area contributed by atoms with Crippen molar-refractivity contribution in [1.29, 1.82) is 0 Å². The highest BCUT2D eigenvalue weighted by molar-refractivity contribution is 5.16. The molecule has 116 valence electrons. The molecule has 0 saturated carbocycles. The van der Waals surface area contributed by atoms with Crippen LogP contribution in [-0.4, -0.2) is 34.6 Å². The first-order valence-electron chi connectivity index (χ1n) is 8.70. The summed E-state index contributed by atoms with van der Waals surface area (Å²) in [5.74, 6) is 0. The molecule has 0 radical (unpaired) electrons. The van der Waals surface area contributed by atoms with Gasteiger partial charge in [0.15, 0.2) is 0 Å². The van der Waals surface area contributed by atoms with Gasteiger partial charge in [-0.2, -0.15) is 0 Å². The maximum Gasteiger partial charge on any atom is 0.0326 e. The van der Waals surface area contributed by atoms with Crippen LogP contribution >= 0.6 is 0 Å². The average molecular weight is 287 g/mol. The number of pyridine rings is 1. The Hall–Kier alpha value is -0.930. The summed E-state index contributed by atoms with van der Waals surface area (Å²) >= 11 is 0. The summed E-state index contributed by atoms with van der Waals surface area (Å²) in [6.07, 6.45) is 11.9. The van der Waals surface area contributed by atoms with E-state index in [1.807, 2.05) is 12.4 Å². The van der Waals surface area contributed by atoms with E-state index in [2.05, 4.69) is 41.2 Å². The second-order valence-corrected chi connectivity index (χ2v) is 6.76. The molecule has 0 spiro atoms. The van der Waals surface area contributed by atoms with Crippen molar-refractivity contribution in [2.45, 2.75) is 76.5 Å². The van der Waals surface area contributed by atoms with Crippen LogP contribution in [0.5, 0.6) is 0 Å². The molecule has 0 amide bonds. The van der Waals surface area contributed by atoms with E-state index in [0.29, 0.717) is 6.04 Å². The highest BCUT2D eigenvalue weighted by Crippen LogP contribution is 2.39. The predicted molar refractivity (Wildman–Crippen MR) is 87.2 cm³/mol. The lowest BCUT2D eigenvalue weighted by molar-refractivity contribution is -0.00624. The van der Waals surface area contributed by atoms with Crippen molar-refractivity contribution in [3.05, 3.63) is 30.1 Å². The highest BCUT2D eigenvalue weighted by Gasteiger charge is 2.40. The van der Waals surface area contributed by atoms with E-state index in [9.17, 15) is 0 Å². The lowest BCUT2D eigenvalue weighted by Crippen LogP contribution is -2.56. The van der Waals surface area contributed by atoms with Crippen LogP contribution in [0.15, 0.2) is 24.5 Å². The number of hydrogen-bond donors (Lipinski definition) is 1. The zero-order chi connectivity index (χ0) is 14.7. The van der Waals surface area contributed by atoms with E-state index >= 15 is 0 Å². The number of nitrogens with zero attached hydrogens (tertiary/aromatic N) is 2. The van der Waals surface area contributed by atoms with E-state index in [0.717, 1.165) is 18.1 Å². The fraction of sp³-hybridized carbons (Fsp3) is 0.722. The van der Waals surface area contributed by atoms with Crippen LogP contribution in [0.2, 0.25) is 0 Å². The number of piperidine rings is 2. The van der Waals surface area contributed by atoms with Crippen LogP contribution in [0, 0.1) is 0 Å². The Morgan fingerprint density at radius 3 is 2.52 bits per heavy atom. The molecule has 3 heteroatoms. The largest absolute Gasteiger partial charge is 0.314 e. The first-order chi connectivity index (χ1) is 10.3. The summed E-state index contributed by atoms with van der Waals surface area (Å²) in [5.41, 5.74) is 1.42. The summed E-state index contributed by atoms with van der Waals surface area (Å²) in [6.45, 7) is 5.80. The zero-order valence-corrected chi connectivity index (χ0v) is 13.5. The van der Waals surface area contributed by atoms with Gasteiger partial charge in [0, 0.05) is 36.6 Å². The molecule has 2 bridgehead atoms. The monoisotopic (exact) mass is 287 g/mol. The molecule has 1 N–H and O–H groups in total. The van der Waals surface area contributed by atoms with Gasteiger partial charge in [-0.25, -0.2) is 0 Å². The van der Waals surface area contributed by atoms with E-state index in [4.69, 9.17) is 0 Å². The Morgan fingerprint density at radius 2 is 1.90 bits per heavy atom. The summed E-state index contributed by atoms with van der Waals surface area (Å²) in [5, 5.41) is 3.76. The van der Waals surface area contributed by atoms with Crippen LogP contribution in [-0.2, 0) is 0 Å². The molecule has 3 atom stereocenters. The van der Waals surface area contributed by atoms with Crippen molar-refractivity contribution in [2.24, 2.45) is 0 Å². The van der Waals surface area contributed by atoms with Crippen molar-refractivity contribution < 1.29 is 0 Å². The molecule has 3 rings (SSSR count).